The van der Waals surface area contributed by atoms with Crippen LogP contribution in [0.15, 0.2) is 76.8 Å². The smallest absolute Gasteiger partial charge is 0.287 e. The number of nitrogens with zero attached hydrogens (tertiary/aromatic N) is 2. The average molecular weight is 450 g/mol. The first-order valence-electron chi connectivity index (χ1n) is 9.25. The van der Waals surface area contributed by atoms with Gasteiger partial charge < -0.3 is 10.1 Å². The molecule has 10 heteroatoms. The maximum atomic E-state index is 12.7. The van der Waals surface area contributed by atoms with Crippen LogP contribution in [0.2, 0.25) is 0 Å². The van der Waals surface area contributed by atoms with Crippen LogP contribution in [-0.2, 0) is 4.79 Å². The fraction of sp³-hybridized carbons (Fsp3) is 0.0455. The third-order valence-electron chi connectivity index (χ3n) is 4.15. The van der Waals surface area contributed by atoms with E-state index in [0.717, 1.165) is 4.88 Å². The number of non-ortho nitro benzene ring substituents is 1. The van der Waals surface area contributed by atoms with Crippen LogP contribution >= 0.6 is 11.3 Å². The molecule has 3 rings (SSSR count). The number of thiophene rings is 1. The van der Waals surface area contributed by atoms with E-state index in [9.17, 15) is 19.7 Å². The normalized spacial score (nSPS) is 11.2. The topological polar surface area (TPSA) is 123 Å². The maximum absolute atomic E-state index is 12.7. The fourth-order valence-corrected chi connectivity index (χ4v) is 3.27. The Kier molecular flexibility index (Phi) is 7.44. The van der Waals surface area contributed by atoms with Crippen LogP contribution in [0.25, 0.3) is 6.08 Å². The minimum Gasteiger partial charge on any atom is -0.496 e. The van der Waals surface area contributed by atoms with Crippen molar-refractivity contribution in [3.05, 3.63) is 97.9 Å². The Morgan fingerprint density at radius 3 is 2.56 bits per heavy atom. The number of benzene rings is 2. The van der Waals surface area contributed by atoms with E-state index in [2.05, 4.69) is 15.8 Å². The zero-order valence-electron chi connectivity index (χ0n) is 16.8. The number of nitro groups is 1. The van der Waals surface area contributed by atoms with Crippen LogP contribution in [0, 0.1) is 10.1 Å². The number of hydrazone groups is 1. The van der Waals surface area contributed by atoms with Crippen molar-refractivity contribution in [2.75, 3.05) is 7.11 Å². The second-order valence-corrected chi connectivity index (χ2v) is 7.26. The third kappa shape index (κ3) is 5.86. The number of methoxy groups -OCH3 is 1. The van der Waals surface area contributed by atoms with Gasteiger partial charge in [0.05, 0.1) is 18.2 Å². The van der Waals surface area contributed by atoms with Gasteiger partial charge in [0.25, 0.3) is 17.5 Å². The van der Waals surface area contributed by atoms with Crippen LogP contribution in [0.5, 0.6) is 5.75 Å². The summed E-state index contributed by atoms with van der Waals surface area (Å²) in [6.07, 6.45) is 2.76. The lowest BCUT2D eigenvalue weighted by molar-refractivity contribution is -0.384. The number of carbonyl (C=O) groups is 2. The van der Waals surface area contributed by atoms with Crippen LogP contribution in [0.1, 0.15) is 20.8 Å². The van der Waals surface area contributed by atoms with Gasteiger partial charge in [0.2, 0.25) is 0 Å². The van der Waals surface area contributed by atoms with Gasteiger partial charge in [0.1, 0.15) is 11.4 Å². The molecule has 162 valence electrons. The second-order valence-electron chi connectivity index (χ2n) is 6.28. The molecule has 0 aliphatic carbocycles. The molecular weight excluding hydrogens is 432 g/mol. The van der Waals surface area contributed by atoms with E-state index in [1.807, 2.05) is 11.4 Å². The molecule has 9 nitrogen and oxygen atoms in total. The number of carbonyl (C=O) groups excluding carboxylic acids is 2. The van der Waals surface area contributed by atoms with Gasteiger partial charge in [-0.15, -0.1) is 11.3 Å². The first-order valence-corrected chi connectivity index (χ1v) is 10.1. The summed E-state index contributed by atoms with van der Waals surface area (Å²) in [7, 11) is 1.41. The minimum absolute atomic E-state index is 0.00976. The molecule has 0 spiro atoms. The van der Waals surface area contributed by atoms with Gasteiger partial charge in [0.15, 0.2) is 0 Å². The summed E-state index contributed by atoms with van der Waals surface area (Å²) >= 11 is 1.40. The molecule has 0 unspecified atom stereocenters. The van der Waals surface area contributed by atoms with Crippen LogP contribution < -0.4 is 15.5 Å². The standard InChI is InChI=1S/C22H18N4O5S/c1-31-20-10-9-17(26(29)30)12-16(20)14-23-25-22(28)19(13-18-8-5-11-32-18)24-21(27)15-6-3-2-4-7-15/h2-14H,1H3,(H,24,27)(H,25,28)/b19-13+,23-14-. The average Bonchev–Trinajstić information content (AvgIpc) is 3.32. The van der Waals surface area contributed by atoms with E-state index in [-0.39, 0.29) is 11.4 Å². The van der Waals surface area contributed by atoms with E-state index in [1.54, 1.807) is 36.4 Å². The molecule has 1 aromatic heterocycles. The number of nitrogens with one attached hydrogen (secondary N) is 2. The first kappa shape index (κ1) is 22.4. The molecule has 0 saturated heterocycles. The molecule has 2 aromatic carbocycles. The molecule has 2 N–H and O–H groups in total. The SMILES string of the molecule is COc1ccc([N+](=O)[O-])cc1/C=N\NC(=O)/C(=C\c1cccs1)NC(=O)c1ccccc1. The fourth-order valence-electron chi connectivity index (χ4n) is 2.61. The number of ether oxygens (including phenoxy) is 1. The Morgan fingerprint density at radius 1 is 1.12 bits per heavy atom. The highest BCUT2D eigenvalue weighted by atomic mass is 32.1. The molecule has 0 aliphatic rings. The van der Waals surface area contributed by atoms with Crippen molar-refractivity contribution in [2.45, 2.75) is 0 Å². The molecular formula is C22H18N4O5S. The van der Waals surface area contributed by atoms with E-state index in [0.29, 0.717) is 16.9 Å². The maximum Gasteiger partial charge on any atom is 0.287 e. The van der Waals surface area contributed by atoms with Crippen molar-refractivity contribution in [3.8, 4) is 5.75 Å². The molecule has 0 radical (unpaired) electrons. The van der Waals surface area contributed by atoms with E-state index >= 15 is 0 Å². The number of rotatable bonds is 8. The van der Waals surface area contributed by atoms with Gasteiger partial charge in [-0.05, 0) is 35.7 Å². The first-order chi connectivity index (χ1) is 15.5. The summed E-state index contributed by atoms with van der Waals surface area (Å²) in [4.78, 5) is 36.4. The summed E-state index contributed by atoms with van der Waals surface area (Å²) in [6.45, 7) is 0. The lowest BCUT2D eigenvalue weighted by atomic mass is 10.2. The number of nitro benzene ring substituents is 1. The molecule has 0 fully saturated rings. The molecule has 32 heavy (non-hydrogen) atoms. The van der Waals surface area contributed by atoms with Crippen molar-refractivity contribution in [1.82, 2.24) is 10.7 Å². The molecule has 0 bridgehead atoms. The predicted molar refractivity (Wildman–Crippen MR) is 122 cm³/mol. The molecule has 2 amide bonds. The Labute approximate surface area is 187 Å². The van der Waals surface area contributed by atoms with E-state index in [4.69, 9.17) is 4.74 Å². The summed E-state index contributed by atoms with van der Waals surface area (Å²) in [5, 5.41) is 19.3. The quantitative estimate of drug-likeness (QED) is 0.235. The molecule has 1 heterocycles. The summed E-state index contributed by atoms with van der Waals surface area (Å²) in [5.41, 5.74) is 2.87. The zero-order chi connectivity index (χ0) is 22.9. The van der Waals surface area contributed by atoms with Gasteiger partial charge >= 0.3 is 0 Å². The lowest BCUT2D eigenvalue weighted by Gasteiger charge is -2.09. The van der Waals surface area contributed by atoms with Gasteiger partial charge in [-0.3, -0.25) is 19.7 Å². The van der Waals surface area contributed by atoms with Crippen molar-refractivity contribution in [2.24, 2.45) is 5.10 Å². The highest BCUT2D eigenvalue weighted by molar-refractivity contribution is 7.10. The number of hydrogen-bond acceptors (Lipinski definition) is 7. The largest absolute Gasteiger partial charge is 0.496 e. The van der Waals surface area contributed by atoms with Crippen LogP contribution in [0.3, 0.4) is 0 Å². The highest BCUT2D eigenvalue weighted by Gasteiger charge is 2.15. The minimum atomic E-state index is -0.664. The Hall–Kier alpha value is -4.31. The monoisotopic (exact) mass is 450 g/mol. The molecule has 0 aliphatic heterocycles. The Morgan fingerprint density at radius 2 is 1.91 bits per heavy atom. The van der Waals surface area contributed by atoms with Crippen molar-refractivity contribution in [3.63, 3.8) is 0 Å². The van der Waals surface area contributed by atoms with Crippen molar-refractivity contribution >= 4 is 41.1 Å². The predicted octanol–water partition coefficient (Wildman–Crippen LogP) is 3.59. The number of hydrogen-bond donors (Lipinski definition) is 2. The molecule has 3 aromatic rings. The van der Waals surface area contributed by atoms with Crippen LogP contribution in [-0.4, -0.2) is 30.1 Å². The van der Waals surface area contributed by atoms with Gasteiger partial charge in [0, 0.05) is 28.1 Å². The van der Waals surface area contributed by atoms with Gasteiger partial charge in [-0.25, -0.2) is 5.43 Å². The number of amides is 2. The van der Waals surface area contributed by atoms with E-state index in [1.165, 1.54) is 48.9 Å². The third-order valence-corrected chi connectivity index (χ3v) is 4.97. The van der Waals surface area contributed by atoms with Gasteiger partial charge in [-0.2, -0.15) is 5.10 Å². The summed E-state index contributed by atoms with van der Waals surface area (Å²) < 4.78 is 5.16. The summed E-state index contributed by atoms with van der Waals surface area (Å²) in [5.74, 6) is -0.767. The molecule has 0 atom stereocenters. The zero-order valence-corrected chi connectivity index (χ0v) is 17.7. The van der Waals surface area contributed by atoms with Crippen LogP contribution in [0.4, 0.5) is 5.69 Å². The van der Waals surface area contributed by atoms with Crippen molar-refractivity contribution in [1.29, 1.82) is 0 Å². The second kappa shape index (κ2) is 10.6. The lowest BCUT2D eigenvalue weighted by Crippen LogP contribution is -2.32. The van der Waals surface area contributed by atoms with E-state index < -0.39 is 16.7 Å². The van der Waals surface area contributed by atoms with Gasteiger partial charge in [-0.1, -0.05) is 24.3 Å². The highest BCUT2D eigenvalue weighted by Crippen LogP contribution is 2.22. The van der Waals surface area contributed by atoms with Crippen molar-refractivity contribution < 1.29 is 19.2 Å². The summed E-state index contributed by atoms with van der Waals surface area (Å²) in [6, 6.07) is 16.1. The Bertz CT molecular complexity index is 1170. The molecule has 0 saturated carbocycles. The Balaban J connectivity index is 1.79.